The molecule has 0 aromatic carbocycles. The molecule has 0 bridgehead atoms. The second-order valence-corrected chi connectivity index (χ2v) is 6.80. The highest BCUT2D eigenvalue weighted by atomic mass is 32.1. The average Bonchev–Trinajstić information content (AvgIpc) is 3.09. The fraction of sp³-hybridized carbons (Fsp3) is 0.643. The Balaban J connectivity index is 1.45. The Morgan fingerprint density at radius 2 is 2.04 bits per heavy atom. The minimum atomic E-state index is 0.00523. The highest BCUT2D eigenvalue weighted by Gasteiger charge is 2.25. The fourth-order valence-corrected chi connectivity index (χ4v) is 3.63. The molecule has 1 fully saturated rings. The minimum absolute atomic E-state index is 0.00523. The number of piperidine rings is 1. The van der Waals surface area contributed by atoms with E-state index in [9.17, 15) is 9.59 Å². The molecule has 1 aliphatic rings. The maximum atomic E-state index is 12.2. The number of hydrogen-bond donors (Lipinski definition) is 1. The van der Waals surface area contributed by atoms with Gasteiger partial charge in [-0.15, -0.1) is 10.2 Å². The van der Waals surface area contributed by atoms with Crippen molar-refractivity contribution in [2.24, 2.45) is 5.92 Å². The molecule has 0 unspecified atom stereocenters. The fourth-order valence-electron chi connectivity index (χ4n) is 2.75. The second-order valence-electron chi connectivity index (χ2n) is 5.76. The van der Waals surface area contributed by atoms with Crippen LogP contribution in [-0.2, 0) is 16.0 Å². The lowest BCUT2D eigenvalue weighted by Gasteiger charge is -2.30. The van der Waals surface area contributed by atoms with E-state index in [1.165, 1.54) is 11.3 Å². The third kappa shape index (κ3) is 3.49. The molecule has 1 aliphatic heterocycles. The molecule has 0 aliphatic carbocycles. The molecule has 3 heterocycles. The van der Waals surface area contributed by atoms with Crippen LogP contribution in [0.25, 0.3) is 4.96 Å². The molecule has 0 atom stereocenters. The van der Waals surface area contributed by atoms with Crippen LogP contribution in [0.3, 0.4) is 0 Å². The first kappa shape index (κ1) is 15.9. The van der Waals surface area contributed by atoms with Crippen molar-refractivity contribution in [2.45, 2.75) is 33.1 Å². The van der Waals surface area contributed by atoms with Crippen molar-refractivity contribution < 1.29 is 9.59 Å². The topological polar surface area (TPSA) is 92.5 Å². The summed E-state index contributed by atoms with van der Waals surface area (Å²) in [6.07, 6.45) is 2.16. The predicted octanol–water partition coefficient (Wildman–Crippen LogP) is 0.411. The van der Waals surface area contributed by atoms with Crippen LogP contribution in [0.4, 0.5) is 0 Å². The van der Waals surface area contributed by atoms with Gasteiger partial charge in [-0.2, -0.15) is 9.61 Å². The lowest BCUT2D eigenvalue weighted by atomic mass is 9.96. The van der Waals surface area contributed by atoms with Gasteiger partial charge in [0.1, 0.15) is 5.01 Å². The lowest BCUT2D eigenvalue weighted by Crippen LogP contribution is -2.42. The minimum Gasteiger partial charge on any atom is -0.355 e. The standard InChI is InChI=1S/C14H20N6O2S/c1-9-16-17-14-20(9)18-12(23-14)3-6-15-13(22)11-4-7-19(8-5-11)10(2)21/h11H,3-8H2,1-2H3,(H,15,22). The Labute approximate surface area is 137 Å². The number of amides is 2. The van der Waals surface area contributed by atoms with Gasteiger partial charge < -0.3 is 10.2 Å². The molecule has 2 amide bonds. The average molecular weight is 336 g/mol. The molecule has 9 heteroatoms. The number of likely N-dealkylation sites (tertiary alicyclic amines) is 1. The van der Waals surface area contributed by atoms with E-state index in [-0.39, 0.29) is 17.7 Å². The zero-order valence-electron chi connectivity index (χ0n) is 13.3. The number of carbonyl (C=O) groups excluding carboxylic acids is 2. The van der Waals surface area contributed by atoms with Gasteiger partial charge in [0, 0.05) is 38.9 Å². The van der Waals surface area contributed by atoms with Crippen molar-refractivity contribution >= 4 is 28.1 Å². The maximum absolute atomic E-state index is 12.2. The van der Waals surface area contributed by atoms with Crippen molar-refractivity contribution in [3.8, 4) is 0 Å². The SMILES string of the molecule is CC(=O)N1CCC(C(=O)NCCc2nn3c(C)nnc3s2)CC1. The highest BCUT2D eigenvalue weighted by Crippen LogP contribution is 2.17. The molecule has 124 valence electrons. The molecule has 8 nitrogen and oxygen atoms in total. The summed E-state index contributed by atoms with van der Waals surface area (Å²) in [5.41, 5.74) is 0. The molecule has 23 heavy (non-hydrogen) atoms. The molecular formula is C14H20N6O2S. The van der Waals surface area contributed by atoms with Crippen LogP contribution >= 0.6 is 11.3 Å². The van der Waals surface area contributed by atoms with Gasteiger partial charge in [0.25, 0.3) is 0 Å². The molecule has 0 radical (unpaired) electrons. The number of aromatic nitrogens is 4. The van der Waals surface area contributed by atoms with Crippen molar-refractivity contribution in [3.05, 3.63) is 10.8 Å². The predicted molar refractivity (Wildman–Crippen MR) is 85.1 cm³/mol. The summed E-state index contributed by atoms with van der Waals surface area (Å²) in [6, 6.07) is 0. The number of hydrogen-bond acceptors (Lipinski definition) is 6. The molecule has 1 N–H and O–H groups in total. The van der Waals surface area contributed by atoms with E-state index < -0.39 is 0 Å². The molecule has 2 aromatic rings. The first-order chi connectivity index (χ1) is 11.0. The van der Waals surface area contributed by atoms with Gasteiger partial charge in [0.05, 0.1) is 0 Å². The largest absolute Gasteiger partial charge is 0.355 e. The molecule has 0 saturated carbocycles. The van der Waals surface area contributed by atoms with E-state index in [4.69, 9.17) is 0 Å². The van der Waals surface area contributed by atoms with Gasteiger partial charge in [-0.3, -0.25) is 9.59 Å². The Morgan fingerprint density at radius 3 is 2.70 bits per heavy atom. The summed E-state index contributed by atoms with van der Waals surface area (Å²) in [7, 11) is 0. The lowest BCUT2D eigenvalue weighted by molar-refractivity contribution is -0.133. The summed E-state index contributed by atoms with van der Waals surface area (Å²) in [6.45, 7) is 5.34. The summed E-state index contributed by atoms with van der Waals surface area (Å²) < 4.78 is 1.72. The van der Waals surface area contributed by atoms with Gasteiger partial charge in [-0.05, 0) is 19.8 Å². The third-order valence-corrected chi connectivity index (χ3v) is 5.10. The number of carbonyl (C=O) groups is 2. The van der Waals surface area contributed by atoms with Gasteiger partial charge >= 0.3 is 0 Å². The smallest absolute Gasteiger partial charge is 0.234 e. The number of rotatable bonds is 4. The first-order valence-corrected chi connectivity index (χ1v) is 8.57. The number of nitrogens with zero attached hydrogens (tertiary/aromatic N) is 5. The van der Waals surface area contributed by atoms with Crippen molar-refractivity contribution in [2.75, 3.05) is 19.6 Å². The van der Waals surface area contributed by atoms with E-state index in [1.807, 2.05) is 6.92 Å². The van der Waals surface area contributed by atoms with Crippen LogP contribution in [0.1, 0.15) is 30.6 Å². The normalized spacial score (nSPS) is 16.0. The van der Waals surface area contributed by atoms with Gasteiger partial charge in [0.15, 0.2) is 5.82 Å². The number of fused-ring (bicyclic) bond motifs is 1. The van der Waals surface area contributed by atoms with Crippen LogP contribution in [0, 0.1) is 12.8 Å². The van der Waals surface area contributed by atoms with Crippen molar-refractivity contribution in [1.82, 2.24) is 30.0 Å². The van der Waals surface area contributed by atoms with E-state index >= 15 is 0 Å². The molecule has 0 spiro atoms. The Hall–Kier alpha value is -2.03. The monoisotopic (exact) mass is 336 g/mol. The summed E-state index contributed by atoms with van der Waals surface area (Å²) in [5.74, 6) is 0.934. The summed E-state index contributed by atoms with van der Waals surface area (Å²) in [5, 5.41) is 16.3. The van der Waals surface area contributed by atoms with Crippen LogP contribution in [0.2, 0.25) is 0 Å². The van der Waals surface area contributed by atoms with Crippen LogP contribution < -0.4 is 5.32 Å². The van der Waals surface area contributed by atoms with E-state index in [0.717, 1.165) is 28.6 Å². The Bertz CT molecular complexity index is 716. The molecule has 3 rings (SSSR count). The van der Waals surface area contributed by atoms with E-state index in [2.05, 4.69) is 20.6 Å². The Morgan fingerprint density at radius 1 is 1.30 bits per heavy atom. The van der Waals surface area contributed by atoms with Gasteiger partial charge in [-0.25, -0.2) is 0 Å². The van der Waals surface area contributed by atoms with E-state index in [1.54, 1.807) is 16.3 Å². The quantitative estimate of drug-likeness (QED) is 0.873. The molecule has 1 saturated heterocycles. The number of aryl methyl sites for hydroxylation is 1. The molecular weight excluding hydrogens is 316 g/mol. The second kappa shape index (κ2) is 6.61. The van der Waals surface area contributed by atoms with Crippen LogP contribution in [-0.4, -0.2) is 56.2 Å². The zero-order chi connectivity index (χ0) is 16.4. The van der Waals surface area contributed by atoms with Gasteiger partial charge in [-0.1, -0.05) is 11.3 Å². The first-order valence-electron chi connectivity index (χ1n) is 7.75. The van der Waals surface area contributed by atoms with Gasteiger partial charge in [0.2, 0.25) is 16.8 Å². The van der Waals surface area contributed by atoms with Crippen LogP contribution in [0.15, 0.2) is 0 Å². The summed E-state index contributed by atoms with van der Waals surface area (Å²) >= 11 is 1.49. The zero-order valence-corrected chi connectivity index (χ0v) is 14.1. The third-order valence-electron chi connectivity index (χ3n) is 4.14. The van der Waals surface area contributed by atoms with Crippen molar-refractivity contribution in [3.63, 3.8) is 0 Å². The highest BCUT2D eigenvalue weighted by molar-refractivity contribution is 7.16. The van der Waals surface area contributed by atoms with E-state index in [0.29, 0.717) is 26.1 Å². The Kier molecular flexibility index (Phi) is 4.56. The van der Waals surface area contributed by atoms with Crippen LogP contribution in [0.5, 0.6) is 0 Å². The molecule has 2 aromatic heterocycles. The number of nitrogens with one attached hydrogen (secondary N) is 1. The summed E-state index contributed by atoms with van der Waals surface area (Å²) in [4.78, 5) is 26.0. The van der Waals surface area contributed by atoms with Crippen molar-refractivity contribution in [1.29, 1.82) is 0 Å². The maximum Gasteiger partial charge on any atom is 0.234 e.